The second kappa shape index (κ2) is 9.93. The van der Waals surface area contributed by atoms with Gasteiger partial charge in [-0.2, -0.15) is 5.10 Å². The summed E-state index contributed by atoms with van der Waals surface area (Å²) in [6.07, 6.45) is 1.76. The molecule has 0 saturated heterocycles. The maximum absolute atomic E-state index is 5.53. The van der Waals surface area contributed by atoms with E-state index >= 15 is 0 Å². The van der Waals surface area contributed by atoms with E-state index in [1.54, 1.807) is 27.4 Å². The van der Waals surface area contributed by atoms with Crippen LogP contribution in [0.2, 0.25) is 0 Å². The predicted molar refractivity (Wildman–Crippen MR) is 122 cm³/mol. The summed E-state index contributed by atoms with van der Waals surface area (Å²) in [5.74, 6) is 2.27. The maximum Gasteiger partial charge on any atom is 0.206 e. The van der Waals surface area contributed by atoms with Gasteiger partial charge in [-0.1, -0.05) is 6.08 Å². The first-order chi connectivity index (χ1) is 14.6. The van der Waals surface area contributed by atoms with Gasteiger partial charge in [0.1, 0.15) is 17.2 Å². The smallest absolute Gasteiger partial charge is 0.206 e. The Bertz CT molecular complexity index is 1110. The van der Waals surface area contributed by atoms with Crippen molar-refractivity contribution >= 4 is 17.0 Å². The Kier molecular flexibility index (Phi) is 7.08. The zero-order chi connectivity index (χ0) is 21.5. The van der Waals surface area contributed by atoms with Crippen LogP contribution in [0, 0.1) is 0 Å². The summed E-state index contributed by atoms with van der Waals surface area (Å²) in [5, 5.41) is 6.94. The third kappa shape index (κ3) is 4.63. The number of nitrogens with zero attached hydrogens (tertiary/aromatic N) is 3. The normalized spacial score (nSPS) is 12.0. The summed E-state index contributed by atoms with van der Waals surface area (Å²) in [6.45, 7) is 6.22. The zero-order valence-corrected chi connectivity index (χ0v) is 18.4. The highest BCUT2D eigenvalue weighted by molar-refractivity contribution is 7.07. The first-order valence-corrected chi connectivity index (χ1v) is 10.2. The van der Waals surface area contributed by atoms with Crippen molar-refractivity contribution in [2.24, 2.45) is 10.1 Å². The lowest BCUT2D eigenvalue weighted by Gasteiger charge is -2.11. The van der Waals surface area contributed by atoms with Crippen LogP contribution in [0.25, 0.3) is 11.3 Å². The second-order valence-corrected chi connectivity index (χ2v) is 7.16. The van der Waals surface area contributed by atoms with E-state index in [-0.39, 0.29) is 0 Å². The third-order valence-corrected chi connectivity index (χ3v) is 5.33. The number of hydrogen-bond donors (Lipinski definition) is 0. The molecule has 1 heterocycles. The van der Waals surface area contributed by atoms with Gasteiger partial charge < -0.3 is 14.2 Å². The SMILES string of the molecule is C=CCN=c1scc(-c2ccc(OC)cc2)n1N=C(C)c1cc(OC)ccc1OC. The topological polar surface area (TPSA) is 57.3 Å². The van der Waals surface area contributed by atoms with Gasteiger partial charge in [-0.25, -0.2) is 4.68 Å². The van der Waals surface area contributed by atoms with Crippen LogP contribution in [0.5, 0.6) is 17.2 Å². The number of hydrogen-bond acceptors (Lipinski definition) is 6. The maximum atomic E-state index is 5.53. The Labute approximate surface area is 180 Å². The van der Waals surface area contributed by atoms with Gasteiger partial charge in [-0.15, -0.1) is 17.9 Å². The van der Waals surface area contributed by atoms with Crippen LogP contribution in [-0.4, -0.2) is 38.3 Å². The van der Waals surface area contributed by atoms with Gasteiger partial charge in [-0.05, 0) is 49.4 Å². The van der Waals surface area contributed by atoms with Crippen LogP contribution >= 0.6 is 11.3 Å². The van der Waals surface area contributed by atoms with Gasteiger partial charge in [-0.3, -0.25) is 4.99 Å². The Hall–Kier alpha value is -3.32. The highest BCUT2D eigenvalue weighted by Gasteiger charge is 2.12. The largest absolute Gasteiger partial charge is 0.497 e. The molecule has 3 aromatic rings. The Morgan fingerprint density at radius 1 is 1.03 bits per heavy atom. The van der Waals surface area contributed by atoms with E-state index in [0.29, 0.717) is 6.54 Å². The molecular weight excluding hydrogens is 398 g/mol. The number of rotatable bonds is 8. The molecule has 0 amide bonds. The molecule has 156 valence electrons. The summed E-state index contributed by atoms with van der Waals surface area (Å²) in [4.78, 5) is 5.38. The van der Waals surface area contributed by atoms with Crippen molar-refractivity contribution in [1.82, 2.24) is 4.68 Å². The molecule has 0 fully saturated rings. The van der Waals surface area contributed by atoms with E-state index in [0.717, 1.165) is 44.6 Å². The van der Waals surface area contributed by atoms with Crippen molar-refractivity contribution in [3.8, 4) is 28.5 Å². The molecular formula is C23H25N3O3S. The van der Waals surface area contributed by atoms with Crippen molar-refractivity contribution in [2.45, 2.75) is 6.92 Å². The van der Waals surface area contributed by atoms with Crippen molar-refractivity contribution in [2.75, 3.05) is 27.9 Å². The molecule has 0 radical (unpaired) electrons. The highest BCUT2D eigenvalue weighted by atomic mass is 32.1. The lowest BCUT2D eigenvalue weighted by Crippen LogP contribution is -2.15. The quantitative estimate of drug-likeness (QED) is 0.393. The molecule has 0 saturated carbocycles. The minimum Gasteiger partial charge on any atom is -0.497 e. The van der Waals surface area contributed by atoms with E-state index < -0.39 is 0 Å². The van der Waals surface area contributed by atoms with E-state index in [9.17, 15) is 0 Å². The van der Waals surface area contributed by atoms with Crippen molar-refractivity contribution in [3.05, 3.63) is 70.9 Å². The minimum absolute atomic E-state index is 0.514. The fraction of sp³-hybridized carbons (Fsp3) is 0.217. The molecule has 0 atom stereocenters. The van der Waals surface area contributed by atoms with Crippen LogP contribution in [-0.2, 0) is 0 Å². The second-order valence-electron chi connectivity index (χ2n) is 6.32. The van der Waals surface area contributed by atoms with Gasteiger partial charge in [0.2, 0.25) is 4.80 Å². The molecule has 2 aromatic carbocycles. The molecule has 3 rings (SSSR count). The first kappa shape index (κ1) is 21.4. The molecule has 0 N–H and O–H groups in total. The van der Waals surface area contributed by atoms with Crippen molar-refractivity contribution in [3.63, 3.8) is 0 Å². The van der Waals surface area contributed by atoms with E-state index in [2.05, 4.69) is 11.6 Å². The third-order valence-electron chi connectivity index (χ3n) is 4.47. The van der Waals surface area contributed by atoms with Crippen LogP contribution in [0.3, 0.4) is 0 Å². The van der Waals surface area contributed by atoms with E-state index in [4.69, 9.17) is 19.3 Å². The summed E-state index contributed by atoms with van der Waals surface area (Å²) < 4.78 is 18.0. The lowest BCUT2D eigenvalue weighted by molar-refractivity contribution is 0.402. The lowest BCUT2D eigenvalue weighted by atomic mass is 10.1. The molecule has 0 aliphatic rings. The Balaban J connectivity index is 2.16. The van der Waals surface area contributed by atoms with Crippen LogP contribution in [0.15, 0.2) is 70.6 Å². The van der Waals surface area contributed by atoms with Gasteiger partial charge in [0.05, 0.1) is 39.3 Å². The standard InChI is InChI=1S/C23H25N3O3S/c1-6-13-24-23-26(21(15-30-23)17-7-9-18(27-3)10-8-17)25-16(2)20-14-19(28-4)11-12-22(20)29-5/h6-12,14-15H,1,13H2,2-5H3. The molecule has 1 aromatic heterocycles. The van der Waals surface area contributed by atoms with Crippen molar-refractivity contribution < 1.29 is 14.2 Å². The summed E-state index contributed by atoms with van der Waals surface area (Å²) in [6, 6.07) is 13.5. The minimum atomic E-state index is 0.514. The zero-order valence-electron chi connectivity index (χ0n) is 17.6. The molecule has 7 heteroatoms. The van der Waals surface area contributed by atoms with E-state index in [1.165, 1.54) is 11.3 Å². The summed E-state index contributed by atoms with van der Waals surface area (Å²) in [5.41, 5.74) is 3.58. The molecule has 0 spiro atoms. The number of methoxy groups -OCH3 is 3. The van der Waals surface area contributed by atoms with Gasteiger partial charge in [0, 0.05) is 16.5 Å². The van der Waals surface area contributed by atoms with Gasteiger partial charge in [0.15, 0.2) is 0 Å². The Morgan fingerprint density at radius 3 is 2.37 bits per heavy atom. The van der Waals surface area contributed by atoms with E-state index in [1.807, 2.05) is 59.4 Å². The molecule has 0 bridgehead atoms. The first-order valence-electron chi connectivity index (χ1n) is 9.35. The number of aromatic nitrogens is 1. The van der Waals surface area contributed by atoms with Gasteiger partial charge in [0.25, 0.3) is 0 Å². The fourth-order valence-corrected chi connectivity index (χ4v) is 3.75. The average molecular weight is 424 g/mol. The molecule has 30 heavy (non-hydrogen) atoms. The van der Waals surface area contributed by atoms with Crippen LogP contribution in [0.1, 0.15) is 12.5 Å². The molecule has 0 unspecified atom stereocenters. The monoisotopic (exact) mass is 423 g/mol. The summed E-state index contributed by atoms with van der Waals surface area (Å²) in [7, 11) is 4.94. The number of ether oxygens (including phenoxy) is 3. The van der Waals surface area contributed by atoms with Crippen molar-refractivity contribution in [1.29, 1.82) is 0 Å². The Morgan fingerprint density at radius 2 is 1.73 bits per heavy atom. The number of benzene rings is 2. The van der Waals surface area contributed by atoms with Gasteiger partial charge >= 0.3 is 0 Å². The molecule has 6 nitrogen and oxygen atoms in total. The van der Waals surface area contributed by atoms with Crippen LogP contribution < -0.4 is 19.0 Å². The summed E-state index contributed by atoms with van der Waals surface area (Å²) >= 11 is 1.53. The number of thiazole rings is 1. The van der Waals surface area contributed by atoms with Crippen LogP contribution in [0.4, 0.5) is 0 Å². The average Bonchev–Trinajstić information content (AvgIpc) is 3.19. The predicted octanol–water partition coefficient (Wildman–Crippen LogP) is 4.60. The molecule has 0 aliphatic heterocycles. The molecule has 0 aliphatic carbocycles. The highest BCUT2D eigenvalue weighted by Crippen LogP contribution is 2.26. The fourth-order valence-electron chi connectivity index (χ4n) is 2.91.